The van der Waals surface area contributed by atoms with E-state index in [2.05, 4.69) is 17.1 Å². The van der Waals surface area contributed by atoms with E-state index >= 15 is 0 Å². The Morgan fingerprint density at radius 2 is 1.71 bits per heavy atom. The summed E-state index contributed by atoms with van der Waals surface area (Å²) in [7, 11) is 0. The normalized spacial score (nSPS) is 15.2. The summed E-state index contributed by atoms with van der Waals surface area (Å²) >= 11 is 0. The van der Waals surface area contributed by atoms with Crippen LogP contribution in [0, 0.1) is 5.92 Å². The van der Waals surface area contributed by atoms with Gasteiger partial charge < -0.3 is 15.1 Å². The number of carbonyl (C=O) groups is 2. The predicted molar refractivity (Wildman–Crippen MR) is 98.2 cm³/mol. The number of nitrogens with one attached hydrogen (secondary N) is 1. The predicted octanol–water partition coefficient (Wildman–Crippen LogP) is 3.12. The van der Waals surface area contributed by atoms with Gasteiger partial charge in [-0.1, -0.05) is 6.92 Å². The van der Waals surface area contributed by atoms with Gasteiger partial charge in [0.05, 0.1) is 0 Å². The van der Waals surface area contributed by atoms with Gasteiger partial charge in [-0.2, -0.15) is 0 Å². The quantitative estimate of drug-likeness (QED) is 0.815. The van der Waals surface area contributed by atoms with E-state index in [-0.39, 0.29) is 18.2 Å². The lowest BCUT2D eigenvalue weighted by atomic mass is 9.99. The van der Waals surface area contributed by atoms with Crippen molar-refractivity contribution in [2.24, 2.45) is 5.92 Å². The Hall–Kier alpha value is -2.04. The zero-order chi connectivity index (χ0) is 17.5. The minimum atomic E-state index is -0.258. The van der Waals surface area contributed by atoms with Crippen LogP contribution in [-0.2, 0) is 9.59 Å². The van der Waals surface area contributed by atoms with Crippen LogP contribution in [0.2, 0.25) is 0 Å². The fraction of sp³-hybridized carbons (Fsp3) is 0.579. The Labute approximate surface area is 145 Å². The summed E-state index contributed by atoms with van der Waals surface area (Å²) in [6.07, 6.45) is 2.35. The van der Waals surface area contributed by atoms with Gasteiger partial charge in [0.25, 0.3) is 0 Å². The maximum absolute atomic E-state index is 12.0. The first-order valence-electron chi connectivity index (χ1n) is 8.96. The SMILES string of the molecule is CCN(CC)C(=O)CC(=O)Nc1ccc(N2CCC(C)CC2)cc1. The zero-order valence-corrected chi connectivity index (χ0v) is 15.0. The first-order chi connectivity index (χ1) is 11.5. The van der Waals surface area contributed by atoms with Crippen molar-refractivity contribution in [3.05, 3.63) is 24.3 Å². The molecule has 2 rings (SSSR count). The summed E-state index contributed by atoms with van der Waals surface area (Å²) in [5.41, 5.74) is 1.93. The summed E-state index contributed by atoms with van der Waals surface area (Å²) < 4.78 is 0. The molecule has 24 heavy (non-hydrogen) atoms. The van der Waals surface area contributed by atoms with Crippen LogP contribution in [0.1, 0.15) is 40.0 Å². The number of amides is 2. The first kappa shape index (κ1) is 18.3. The lowest BCUT2D eigenvalue weighted by Crippen LogP contribution is -2.33. The number of piperidine rings is 1. The van der Waals surface area contributed by atoms with Gasteiger partial charge in [-0.15, -0.1) is 0 Å². The highest BCUT2D eigenvalue weighted by atomic mass is 16.2. The molecule has 0 unspecified atom stereocenters. The lowest BCUT2D eigenvalue weighted by molar-refractivity contribution is -0.134. The van der Waals surface area contributed by atoms with Crippen LogP contribution in [0.5, 0.6) is 0 Å². The highest BCUT2D eigenvalue weighted by molar-refractivity contribution is 6.03. The highest BCUT2D eigenvalue weighted by Gasteiger charge is 2.17. The van der Waals surface area contributed by atoms with Gasteiger partial charge in [-0.25, -0.2) is 0 Å². The topological polar surface area (TPSA) is 52.7 Å². The zero-order valence-electron chi connectivity index (χ0n) is 15.0. The molecule has 1 aliphatic heterocycles. The molecule has 0 radical (unpaired) electrons. The van der Waals surface area contributed by atoms with Crippen LogP contribution in [0.4, 0.5) is 11.4 Å². The van der Waals surface area contributed by atoms with Crippen molar-refractivity contribution in [1.29, 1.82) is 0 Å². The lowest BCUT2D eigenvalue weighted by Gasteiger charge is -2.32. The molecule has 0 bridgehead atoms. The largest absolute Gasteiger partial charge is 0.372 e. The number of carbonyl (C=O) groups excluding carboxylic acids is 2. The number of hydrogen-bond acceptors (Lipinski definition) is 3. The van der Waals surface area contributed by atoms with Gasteiger partial charge in [-0.3, -0.25) is 9.59 Å². The molecular weight excluding hydrogens is 302 g/mol. The second-order valence-corrected chi connectivity index (χ2v) is 6.51. The molecule has 5 nitrogen and oxygen atoms in total. The number of rotatable bonds is 6. The van der Waals surface area contributed by atoms with E-state index in [9.17, 15) is 9.59 Å². The van der Waals surface area contributed by atoms with E-state index in [0.29, 0.717) is 13.1 Å². The molecule has 1 heterocycles. The minimum Gasteiger partial charge on any atom is -0.372 e. The summed E-state index contributed by atoms with van der Waals surface area (Å²) in [5.74, 6) is 0.422. The molecule has 1 aromatic rings. The smallest absolute Gasteiger partial charge is 0.233 e. The molecule has 1 N–H and O–H groups in total. The Balaban J connectivity index is 1.87. The average molecular weight is 331 g/mol. The average Bonchev–Trinajstić information content (AvgIpc) is 2.57. The number of nitrogens with zero attached hydrogens (tertiary/aromatic N) is 2. The van der Waals surface area contributed by atoms with E-state index in [1.54, 1.807) is 4.90 Å². The minimum absolute atomic E-state index is 0.104. The fourth-order valence-electron chi connectivity index (χ4n) is 3.05. The van der Waals surface area contributed by atoms with Crippen molar-refractivity contribution in [3.63, 3.8) is 0 Å². The molecular formula is C19H29N3O2. The summed E-state index contributed by atoms with van der Waals surface area (Å²) in [6.45, 7) is 9.57. The van der Waals surface area contributed by atoms with Gasteiger partial charge in [0.1, 0.15) is 6.42 Å². The van der Waals surface area contributed by atoms with Crippen molar-refractivity contribution in [1.82, 2.24) is 4.90 Å². The highest BCUT2D eigenvalue weighted by Crippen LogP contribution is 2.24. The van der Waals surface area contributed by atoms with E-state index < -0.39 is 0 Å². The summed E-state index contributed by atoms with van der Waals surface area (Å²) in [4.78, 5) is 28.0. The van der Waals surface area contributed by atoms with Crippen molar-refractivity contribution < 1.29 is 9.59 Å². The summed E-state index contributed by atoms with van der Waals surface area (Å²) in [6, 6.07) is 7.90. The number of anilines is 2. The van der Waals surface area contributed by atoms with Gasteiger partial charge in [0, 0.05) is 37.6 Å². The van der Waals surface area contributed by atoms with Crippen LogP contribution >= 0.6 is 0 Å². The second-order valence-electron chi connectivity index (χ2n) is 6.51. The molecule has 132 valence electrons. The van der Waals surface area contributed by atoms with Crippen molar-refractivity contribution in [2.45, 2.75) is 40.0 Å². The van der Waals surface area contributed by atoms with Crippen molar-refractivity contribution >= 4 is 23.2 Å². The first-order valence-corrected chi connectivity index (χ1v) is 8.96. The standard InChI is InChI=1S/C19H29N3O2/c1-4-21(5-2)19(24)14-18(23)20-16-6-8-17(9-7-16)22-12-10-15(3)11-13-22/h6-9,15H,4-5,10-14H2,1-3H3,(H,20,23). The Morgan fingerprint density at radius 3 is 2.25 bits per heavy atom. The van der Waals surface area contributed by atoms with Crippen LogP contribution in [0.25, 0.3) is 0 Å². The third kappa shape index (κ3) is 4.98. The summed E-state index contributed by atoms with van der Waals surface area (Å²) in [5, 5.41) is 2.81. The molecule has 5 heteroatoms. The Kier molecular flexibility index (Phi) is 6.64. The van der Waals surface area contributed by atoms with Gasteiger partial charge in [0.2, 0.25) is 11.8 Å². The molecule has 0 aromatic heterocycles. The molecule has 0 atom stereocenters. The second kappa shape index (κ2) is 8.71. The van der Waals surface area contributed by atoms with Gasteiger partial charge in [0.15, 0.2) is 0 Å². The van der Waals surface area contributed by atoms with Crippen LogP contribution in [-0.4, -0.2) is 42.9 Å². The molecule has 1 aliphatic rings. The number of hydrogen-bond donors (Lipinski definition) is 1. The maximum Gasteiger partial charge on any atom is 0.233 e. The molecule has 1 fully saturated rings. The van der Waals surface area contributed by atoms with E-state index in [0.717, 1.165) is 24.7 Å². The molecule has 1 saturated heterocycles. The Bertz CT molecular complexity index is 544. The van der Waals surface area contributed by atoms with Crippen molar-refractivity contribution in [2.75, 3.05) is 36.4 Å². The van der Waals surface area contributed by atoms with E-state index in [1.165, 1.54) is 18.5 Å². The van der Waals surface area contributed by atoms with Gasteiger partial charge >= 0.3 is 0 Å². The fourth-order valence-corrected chi connectivity index (χ4v) is 3.05. The van der Waals surface area contributed by atoms with Gasteiger partial charge in [-0.05, 0) is 56.9 Å². The third-order valence-corrected chi connectivity index (χ3v) is 4.73. The van der Waals surface area contributed by atoms with Crippen LogP contribution in [0.15, 0.2) is 24.3 Å². The molecule has 0 saturated carbocycles. The van der Waals surface area contributed by atoms with E-state index in [4.69, 9.17) is 0 Å². The molecule has 0 spiro atoms. The molecule has 2 amide bonds. The van der Waals surface area contributed by atoms with Crippen molar-refractivity contribution in [3.8, 4) is 0 Å². The monoisotopic (exact) mass is 331 g/mol. The maximum atomic E-state index is 12.0. The third-order valence-electron chi connectivity index (χ3n) is 4.73. The molecule has 0 aliphatic carbocycles. The van der Waals surface area contributed by atoms with Crippen LogP contribution in [0.3, 0.4) is 0 Å². The van der Waals surface area contributed by atoms with E-state index in [1.807, 2.05) is 38.1 Å². The van der Waals surface area contributed by atoms with Crippen LogP contribution < -0.4 is 10.2 Å². The molecule has 1 aromatic carbocycles. The Morgan fingerprint density at radius 1 is 1.12 bits per heavy atom. The number of benzene rings is 1.